The zero-order chi connectivity index (χ0) is 9.78. The van der Waals surface area contributed by atoms with Crippen molar-refractivity contribution in [3.05, 3.63) is 0 Å². The van der Waals surface area contributed by atoms with Crippen LogP contribution in [0.2, 0.25) is 0 Å². The summed E-state index contributed by atoms with van der Waals surface area (Å²) in [6, 6.07) is 0. The molecule has 0 aliphatic carbocycles. The second kappa shape index (κ2) is 4.97. The van der Waals surface area contributed by atoms with Crippen molar-refractivity contribution in [2.75, 3.05) is 14.1 Å². The summed E-state index contributed by atoms with van der Waals surface area (Å²) in [7, 11) is -0.548. The molecule has 0 heterocycles. The molecule has 0 aromatic rings. The smallest absolute Gasteiger partial charge is 0.323 e. The summed E-state index contributed by atoms with van der Waals surface area (Å²) in [5.41, 5.74) is 0. The molecule has 0 saturated carbocycles. The lowest BCUT2D eigenvalue weighted by atomic mass is 10.2. The fourth-order valence-electron chi connectivity index (χ4n) is 1.11. The van der Waals surface area contributed by atoms with E-state index < -0.39 is 13.4 Å². The third-order valence-corrected chi connectivity index (χ3v) is 3.30. The molecule has 0 radical (unpaired) electrons. The predicted octanol–water partition coefficient (Wildman–Crippen LogP) is 1.24. The zero-order valence-electron chi connectivity index (χ0n) is 7.90. The lowest BCUT2D eigenvalue weighted by Gasteiger charge is -2.24. The van der Waals surface area contributed by atoms with E-state index >= 15 is 0 Å². The Morgan fingerprint density at radius 2 is 1.92 bits per heavy atom. The van der Waals surface area contributed by atoms with Gasteiger partial charge in [0.05, 0.1) is 0 Å². The lowest BCUT2D eigenvalue weighted by Crippen LogP contribution is -2.27. The Hall–Kier alpha value is 0.110. The molecule has 0 saturated heterocycles. The Balaban J connectivity index is 4.15. The average Bonchev–Trinajstić information content (AvgIpc) is 1.84. The normalized spacial score (nSPS) is 15.2. The van der Waals surface area contributed by atoms with E-state index in [-0.39, 0.29) is 0 Å². The van der Waals surface area contributed by atoms with Crippen molar-refractivity contribution in [3.63, 3.8) is 0 Å². The molecule has 0 unspecified atom stereocenters. The molecule has 0 aliphatic heterocycles. The van der Waals surface area contributed by atoms with Gasteiger partial charge in [-0.15, -0.1) is 0 Å². The van der Waals surface area contributed by atoms with Gasteiger partial charge in [-0.25, -0.2) is 0 Å². The molecule has 0 aliphatic rings. The highest BCUT2D eigenvalue weighted by Crippen LogP contribution is 2.44. The highest BCUT2D eigenvalue weighted by atomic mass is 31.2. The summed E-state index contributed by atoms with van der Waals surface area (Å²) in [6.07, 6.45) is 2.38. The van der Waals surface area contributed by atoms with Crippen LogP contribution in [-0.4, -0.2) is 34.6 Å². The Labute approximate surface area is 73.7 Å². The standard InChI is InChI=1S/C7H18NO3P/c1-4-5-6-7(8(2)3)12(9,10)11/h7H,4-6H2,1-3H3,(H2,9,10,11)/t7-/m0/s1. The molecule has 12 heavy (non-hydrogen) atoms. The van der Waals surface area contributed by atoms with E-state index in [1.54, 1.807) is 19.0 Å². The fourth-order valence-corrected chi connectivity index (χ4v) is 2.23. The Bertz CT molecular complexity index is 166. The maximum atomic E-state index is 10.9. The Morgan fingerprint density at radius 1 is 1.42 bits per heavy atom. The van der Waals surface area contributed by atoms with E-state index in [2.05, 4.69) is 0 Å². The van der Waals surface area contributed by atoms with Crippen molar-refractivity contribution < 1.29 is 14.4 Å². The first kappa shape index (κ1) is 12.1. The second-order valence-corrected chi connectivity index (χ2v) is 4.95. The number of unbranched alkanes of at least 4 members (excludes halogenated alkanes) is 1. The van der Waals surface area contributed by atoms with Crippen LogP contribution < -0.4 is 0 Å². The van der Waals surface area contributed by atoms with Gasteiger partial charge in [-0.3, -0.25) is 9.46 Å². The minimum absolute atomic E-state index is 0.563. The van der Waals surface area contributed by atoms with Gasteiger partial charge in [0.1, 0.15) is 5.78 Å². The molecule has 1 atom stereocenters. The van der Waals surface area contributed by atoms with Gasteiger partial charge in [0.25, 0.3) is 0 Å². The fraction of sp³-hybridized carbons (Fsp3) is 1.00. The monoisotopic (exact) mass is 195 g/mol. The summed E-state index contributed by atoms with van der Waals surface area (Å²) in [5, 5.41) is 0. The van der Waals surface area contributed by atoms with Crippen molar-refractivity contribution in [1.29, 1.82) is 0 Å². The minimum atomic E-state index is -3.94. The molecule has 0 spiro atoms. The average molecular weight is 195 g/mol. The van der Waals surface area contributed by atoms with Gasteiger partial charge < -0.3 is 9.79 Å². The number of nitrogens with zero attached hydrogens (tertiary/aromatic N) is 1. The van der Waals surface area contributed by atoms with Gasteiger partial charge in [-0.1, -0.05) is 19.8 Å². The van der Waals surface area contributed by atoms with E-state index in [1.165, 1.54) is 0 Å². The first-order valence-electron chi connectivity index (χ1n) is 4.11. The molecule has 0 amide bonds. The van der Waals surface area contributed by atoms with Crippen LogP contribution in [0.5, 0.6) is 0 Å². The molecule has 2 N–H and O–H groups in total. The van der Waals surface area contributed by atoms with Crippen LogP contribution in [0.15, 0.2) is 0 Å². The third-order valence-electron chi connectivity index (χ3n) is 1.80. The number of hydrogen-bond acceptors (Lipinski definition) is 2. The quantitative estimate of drug-likeness (QED) is 0.648. The topological polar surface area (TPSA) is 60.8 Å². The maximum Gasteiger partial charge on any atom is 0.342 e. The van der Waals surface area contributed by atoms with E-state index in [4.69, 9.17) is 9.79 Å². The second-order valence-electron chi connectivity index (χ2n) is 3.18. The van der Waals surface area contributed by atoms with Crippen LogP contribution in [-0.2, 0) is 4.57 Å². The highest BCUT2D eigenvalue weighted by Gasteiger charge is 2.29. The highest BCUT2D eigenvalue weighted by molar-refractivity contribution is 7.52. The van der Waals surface area contributed by atoms with E-state index in [1.807, 2.05) is 6.92 Å². The first-order valence-corrected chi connectivity index (χ1v) is 5.79. The predicted molar refractivity (Wildman–Crippen MR) is 49.0 cm³/mol. The van der Waals surface area contributed by atoms with Crippen LogP contribution in [0.3, 0.4) is 0 Å². The summed E-state index contributed by atoms with van der Waals surface area (Å²) in [5.74, 6) is -0.613. The summed E-state index contributed by atoms with van der Waals surface area (Å²) in [4.78, 5) is 19.5. The molecule has 0 aromatic carbocycles. The van der Waals surface area contributed by atoms with Crippen molar-refractivity contribution in [3.8, 4) is 0 Å². The van der Waals surface area contributed by atoms with Crippen LogP contribution in [0.25, 0.3) is 0 Å². The summed E-state index contributed by atoms with van der Waals surface area (Å²) < 4.78 is 10.9. The van der Waals surface area contributed by atoms with Gasteiger partial charge in [0.15, 0.2) is 0 Å². The summed E-state index contributed by atoms with van der Waals surface area (Å²) >= 11 is 0. The molecule has 0 rings (SSSR count). The van der Waals surface area contributed by atoms with E-state index in [0.29, 0.717) is 6.42 Å². The van der Waals surface area contributed by atoms with Crippen LogP contribution in [0.1, 0.15) is 26.2 Å². The van der Waals surface area contributed by atoms with Gasteiger partial charge in [-0.05, 0) is 20.5 Å². The molecule has 0 bridgehead atoms. The zero-order valence-corrected chi connectivity index (χ0v) is 8.79. The Kier molecular flexibility index (Phi) is 5.02. The molecular weight excluding hydrogens is 177 g/mol. The van der Waals surface area contributed by atoms with Crippen LogP contribution in [0, 0.1) is 0 Å². The van der Waals surface area contributed by atoms with Crippen molar-refractivity contribution in [2.45, 2.75) is 32.0 Å². The molecule has 74 valence electrons. The molecule has 0 fully saturated rings. The third kappa shape index (κ3) is 4.21. The maximum absolute atomic E-state index is 10.9. The summed E-state index contributed by atoms with van der Waals surface area (Å²) in [6.45, 7) is 2.01. The van der Waals surface area contributed by atoms with E-state index in [0.717, 1.165) is 12.8 Å². The van der Waals surface area contributed by atoms with Crippen molar-refractivity contribution in [1.82, 2.24) is 4.90 Å². The van der Waals surface area contributed by atoms with Crippen LogP contribution in [0.4, 0.5) is 0 Å². The van der Waals surface area contributed by atoms with Crippen molar-refractivity contribution in [2.24, 2.45) is 0 Å². The number of hydrogen-bond donors (Lipinski definition) is 2. The first-order chi connectivity index (χ1) is 5.39. The molecule has 4 nitrogen and oxygen atoms in total. The largest absolute Gasteiger partial charge is 0.342 e. The molecule has 5 heteroatoms. The van der Waals surface area contributed by atoms with Crippen LogP contribution >= 0.6 is 7.60 Å². The van der Waals surface area contributed by atoms with Gasteiger partial charge in [0, 0.05) is 0 Å². The van der Waals surface area contributed by atoms with E-state index in [9.17, 15) is 4.57 Å². The Morgan fingerprint density at radius 3 is 2.17 bits per heavy atom. The van der Waals surface area contributed by atoms with Gasteiger partial charge >= 0.3 is 7.60 Å². The number of rotatable bonds is 5. The van der Waals surface area contributed by atoms with Gasteiger partial charge in [0.2, 0.25) is 0 Å². The molecule has 0 aromatic heterocycles. The van der Waals surface area contributed by atoms with Crippen molar-refractivity contribution >= 4 is 7.60 Å². The molecular formula is C7H18NO3P. The van der Waals surface area contributed by atoms with Gasteiger partial charge in [-0.2, -0.15) is 0 Å². The minimum Gasteiger partial charge on any atom is -0.323 e. The SMILES string of the molecule is CCCC[C@@H](N(C)C)P(=O)(O)O. The lowest BCUT2D eigenvalue weighted by molar-refractivity contribution is 0.271.